The highest BCUT2D eigenvalue weighted by Crippen LogP contribution is 2.41. The largest absolute Gasteiger partial charge is 0.113 e. The molecule has 0 aromatic heterocycles. The summed E-state index contributed by atoms with van der Waals surface area (Å²) in [4.78, 5) is 1.32. The lowest BCUT2D eigenvalue weighted by Crippen LogP contribution is -1.96. The van der Waals surface area contributed by atoms with Crippen molar-refractivity contribution in [1.82, 2.24) is 0 Å². The third-order valence-corrected chi connectivity index (χ3v) is 3.93. The first-order chi connectivity index (χ1) is 7.93. The molecular formula is C15H11S. The molecule has 1 atom stereocenters. The molecule has 1 unspecified atom stereocenters. The van der Waals surface area contributed by atoms with Crippen molar-refractivity contribution in [3.63, 3.8) is 0 Å². The minimum Gasteiger partial charge on any atom is -0.113 e. The van der Waals surface area contributed by atoms with Crippen molar-refractivity contribution in [3.8, 4) is 0 Å². The lowest BCUT2D eigenvalue weighted by atomic mass is 10.1. The first-order valence-electron chi connectivity index (χ1n) is 5.34. The minimum absolute atomic E-state index is 0.399. The molecule has 2 aromatic carbocycles. The molecule has 0 spiro atoms. The molecule has 0 N–H and O–H groups in total. The smallest absolute Gasteiger partial charge is 0.0533 e. The van der Waals surface area contributed by atoms with Gasteiger partial charge in [-0.25, -0.2) is 0 Å². The highest BCUT2D eigenvalue weighted by molar-refractivity contribution is 7.99. The number of thioether (sulfide) groups is 1. The van der Waals surface area contributed by atoms with Crippen molar-refractivity contribution >= 4 is 11.8 Å². The molecule has 1 heteroatoms. The molecule has 0 saturated heterocycles. The van der Waals surface area contributed by atoms with Gasteiger partial charge in [0.15, 0.2) is 0 Å². The predicted octanol–water partition coefficient (Wildman–Crippen LogP) is 4.24. The topological polar surface area (TPSA) is 0 Å². The fraction of sp³-hybridized carbons (Fsp3) is 0.0667. The summed E-state index contributed by atoms with van der Waals surface area (Å²) in [6.45, 7) is 0. The Labute approximate surface area is 100 Å². The highest BCUT2D eigenvalue weighted by atomic mass is 32.2. The van der Waals surface area contributed by atoms with Crippen LogP contribution < -0.4 is 0 Å². The van der Waals surface area contributed by atoms with Crippen LogP contribution in [-0.2, 0) is 0 Å². The van der Waals surface area contributed by atoms with Gasteiger partial charge >= 0.3 is 0 Å². The molecule has 0 bridgehead atoms. The number of fused-ring (bicyclic) bond motifs is 1. The molecule has 0 fully saturated rings. The van der Waals surface area contributed by atoms with Crippen LogP contribution in [-0.4, -0.2) is 0 Å². The maximum atomic E-state index is 3.37. The Morgan fingerprint density at radius 3 is 2.50 bits per heavy atom. The molecule has 1 heterocycles. The Morgan fingerprint density at radius 2 is 1.62 bits per heavy atom. The van der Waals surface area contributed by atoms with Crippen LogP contribution in [0, 0.1) is 6.08 Å². The Balaban J connectivity index is 1.95. The summed E-state index contributed by atoms with van der Waals surface area (Å²) in [7, 11) is 0. The van der Waals surface area contributed by atoms with Crippen LogP contribution in [0.2, 0.25) is 0 Å². The zero-order valence-electron chi connectivity index (χ0n) is 8.76. The van der Waals surface area contributed by atoms with Crippen molar-refractivity contribution in [2.45, 2.75) is 10.1 Å². The van der Waals surface area contributed by atoms with Crippen molar-refractivity contribution in [1.29, 1.82) is 0 Å². The van der Waals surface area contributed by atoms with Gasteiger partial charge in [0.1, 0.15) is 0 Å². The number of rotatable bonds is 1. The molecule has 2 aromatic rings. The third-order valence-electron chi connectivity index (χ3n) is 2.66. The molecule has 0 saturated carbocycles. The maximum Gasteiger partial charge on any atom is 0.0533 e. The highest BCUT2D eigenvalue weighted by Gasteiger charge is 2.15. The second kappa shape index (κ2) is 4.18. The van der Waals surface area contributed by atoms with Crippen LogP contribution in [0.3, 0.4) is 0 Å². The SMILES string of the molecule is [C]1=CC(c2ccccc2)Sc2ccccc21. The van der Waals surface area contributed by atoms with E-state index in [0.29, 0.717) is 5.25 Å². The van der Waals surface area contributed by atoms with Gasteiger partial charge in [0.25, 0.3) is 0 Å². The maximum absolute atomic E-state index is 3.37. The predicted molar refractivity (Wildman–Crippen MR) is 68.4 cm³/mol. The quantitative estimate of drug-likeness (QED) is 0.696. The van der Waals surface area contributed by atoms with E-state index >= 15 is 0 Å². The zero-order valence-corrected chi connectivity index (χ0v) is 9.58. The van der Waals surface area contributed by atoms with E-state index in [9.17, 15) is 0 Å². The summed E-state index contributed by atoms with van der Waals surface area (Å²) in [6, 6.07) is 19.0. The van der Waals surface area contributed by atoms with Gasteiger partial charge in [-0.2, -0.15) is 0 Å². The average molecular weight is 223 g/mol. The standard InChI is InChI=1S/C15H11S/c1-2-6-12(7-3-1)15-11-10-13-8-4-5-9-14(13)16-15/h1-9,11,15H. The van der Waals surface area contributed by atoms with Gasteiger partial charge in [0.05, 0.1) is 5.25 Å². The fourth-order valence-corrected chi connectivity index (χ4v) is 2.95. The third kappa shape index (κ3) is 1.79. The van der Waals surface area contributed by atoms with E-state index in [2.05, 4.69) is 66.7 Å². The fourth-order valence-electron chi connectivity index (χ4n) is 1.83. The van der Waals surface area contributed by atoms with Crippen LogP contribution in [0.15, 0.2) is 65.6 Å². The van der Waals surface area contributed by atoms with Crippen molar-refractivity contribution in [2.75, 3.05) is 0 Å². The molecule has 1 aliphatic rings. The van der Waals surface area contributed by atoms with Gasteiger partial charge in [-0.1, -0.05) is 54.6 Å². The lowest BCUT2D eigenvalue weighted by Gasteiger charge is -2.18. The number of hydrogen-bond donors (Lipinski definition) is 0. The summed E-state index contributed by atoms with van der Waals surface area (Å²) in [5, 5.41) is 0.399. The van der Waals surface area contributed by atoms with Gasteiger partial charge in [0.2, 0.25) is 0 Å². The van der Waals surface area contributed by atoms with E-state index in [0.717, 1.165) is 0 Å². The van der Waals surface area contributed by atoms with Gasteiger partial charge in [-0.05, 0) is 23.3 Å². The lowest BCUT2D eigenvalue weighted by molar-refractivity contribution is 1.17. The van der Waals surface area contributed by atoms with E-state index in [1.807, 2.05) is 11.8 Å². The average Bonchev–Trinajstić information content (AvgIpc) is 2.39. The van der Waals surface area contributed by atoms with E-state index < -0.39 is 0 Å². The number of benzene rings is 2. The second-order valence-electron chi connectivity index (χ2n) is 3.76. The summed E-state index contributed by atoms with van der Waals surface area (Å²) in [5.41, 5.74) is 2.55. The van der Waals surface area contributed by atoms with E-state index in [4.69, 9.17) is 0 Å². The molecule has 1 radical (unpaired) electrons. The van der Waals surface area contributed by atoms with E-state index in [-0.39, 0.29) is 0 Å². The van der Waals surface area contributed by atoms with Crippen LogP contribution in [0.5, 0.6) is 0 Å². The molecule has 0 amide bonds. The van der Waals surface area contributed by atoms with Crippen LogP contribution in [0.25, 0.3) is 0 Å². The molecule has 16 heavy (non-hydrogen) atoms. The zero-order chi connectivity index (χ0) is 10.8. The normalized spacial score (nSPS) is 18.1. The first kappa shape index (κ1) is 9.73. The van der Waals surface area contributed by atoms with E-state index in [1.54, 1.807) is 0 Å². The Kier molecular flexibility index (Phi) is 2.55. The second-order valence-corrected chi connectivity index (χ2v) is 4.94. The van der Waals surface area contributed by atoms with Gasteiger partial charge < -0.3 is 0 Å². The van der Waals surface area contributed by atoms with Gasteiger partial charge in [-0.15, -0.1) is 11.8 Å². The summed E-state index contributed by atoms with van der Waals surface area (Å²) < 4.78 is 0. The summed E-state index contributed by atoms with van der Waals surface area (Å²) in [6.07, 6.45) is 5.52. The van der Waals surface area contributed by atoms with Crippen LogP contribution in [0.4, 0.5) is 0 Å². The first-order valence-corrected chi connectivity index (χ1v) is 6.22. The molecular weight excluding hydrogens is 212 g/mol. The Morgan fingerprint density at radius 1 is 0.875 bits per heavy atom. The van der Waals surface area contributed by atoms with Crippen molar-refractivity contribution in [2.24, 2.45) is 0 Å². The van der Waals surface area contributed by atoms with Crippen LogP contribution >= 0.6 is 11.8 Å². The Bertz CT molecular complexity index is 514. The monoisotopic (exact) mass is 223 g/mol. The van der Waals surface area contributed by atoms with Gasteiger partial charge in [-0.3, -0.25) is 0 Å². The summed E-state index contributed by atoms with van der Waals surface area (Å²) >= 11 is 1.89. The molecule has 0 aliphatic carbocycles. The minimum atomic E-state index is 0.399. The van der Waals surface area contributed by atoms with Crippen LogP contribution in [0.1, 0.15) is 16.4 Å². The van der Waals surface area contributed by atoms with E-state index in [1.165, 1.54) is 16.0 Å². The molecule has 1 aliphatic heterocycles. The van der Waals surface area contributed by atoms with Crippen molar-refractivity contribution < 1.29 is 0 Å². The Hall–Kier alpha value is -1.47. The van der Waals surface area contributed by atoms with Gasteiger partial charge in [0, 0.05) is 4.90 Å². The molecule has 77 valence electrons. The summed E-state index contributed by atoms with van der Waals surface area (Å²) in [5.74, 6) is 0. The molecule has 3 rings (SSSR count). The molecule has 0 nitrogen and oxygen atoms in total. The number of hydrogen-bond acceptors (Lipinski definition) is 1. The van der Waals surface area contributed by atoms with Crippen molar-refractivity contribution in [3.05, 3.63) is 77.9 Å².